The highest BCUT2D eigenvalue weighted by Gasteiger charge is 2.35. The summed E-state index contributed by atoms with van der Waals surface area (Å²) in [5, 5.41) is 11.8. The van der Waals surface area contributed by atoms with Crippen LogP contribution < -0.4 is 24.4 Å². The molecule has 42 heavy (non-hydrogen) atoms. The molecular weight excluding hydrogens is 586 g/mol. The van der Waals surface area contributed by atoms with Crippen LogP contribution in [0.25, 0.3) is 17.4 Å². The Balaban J connectivity index is 1.68. The molecule has 2 aromatic carbocycles. The van der Waals surface area contributed by atoms with Gasteiger partial charge in [-0.3, -0.25) is 19.5 Å². The van der Waals surface area contributed by atoms with Gasteiger partial charge in [0.25, 0.3) is 11.2 Å². The molecule has 1 atom stereocenters. The lowest BCUT2D eigenvalue weighted by atomic mass is 9.95. The summed E-state index contributed by atoms with van der Waals surface area (Å²) in [6.45, 7) is 3.51. The van der Waals surface area contributed by atoms with E-state index < -0.39 is 22.5 Å². The van der Waals surface area contributed by atoms with Gasteiger partial charge in [0.05, 0.1) is 47.1 Å². The van der Waals surface area contributed by atoms with Crippen LogP contribution >= 0.6 is 22.9 Å². The third-order valence-corrected chi connectivity index (χ3v) is 7.79. The lowest BCUT2D eigenvalue weighted by Crippen LogP contribution is -2.40. The van der Waals surface area contributed by atoms with E-state index in [9.17, 15) is 19.7 Å². The molecular formula is C29H24ClN3O8S. The quantitative estimate of drug-likeness (QED) is 0.160. The Hall–Kier alpha value is -4.68. The molecule has 2 aromatic heterocycles. The second-order valence-electron chi connectivity index (χ2n) is 9.03. The van der Waals surface area contributed by atoms with Gasteiger partial charge in [0, 0.05) is 22.7 Å². The zero-order valence-electron chi connectivity index (χ0n) is 22.9. The number of furan rings is 1. The number of hydrogen-bond acceptors (Lipinski definition) is 10. The number of allylic oxidation sites excluding steroid dienone is 1. The van der Waals surface area contributed by atoms with Crippen molar-refractivity contribution in [3.63, 3.8) is 0 Å². The maximum Gasteiger partial charge on any atom is 0.338 e. The van der Waals surface area contributed by atoms with Crippen molar-refractivity contribution in [2.45, 2.75) is 19.9 Å². The highest BCUT2D eigenvalue weighted by Crippen LogP contribution is 2.38. The number of carbonyl (C=O) groups is 1. The summed E-state index contributed by atoms with van der Waals surface area (Å²) < 4.78 is 23.9. The van der Waals surface area contributed by atoms with Crippen molar-refractivity contribution in [2.75, 3.05) is 20.8 Å². The van der Waals surface area contributed by atoms with Crippen LogP contribution in [0.2, 0.25) is 5.02 Å². The first-order valence-corrected chi connectivity index (χ1v) is 13.8. The molecule has 3 heterocycles. The van der Waals surface area contributed by atoms with Gasteiger partial charge in [-0.1, -0.05) is 22.9 Å². The van der Waals surface area contributed by atoms with E-state index in [1.54, 1.807) is 44.2 Å². The van der Waals surface area contributed by atoms with Crippen molar-refractivity contribution in [1.82, 2.24) is 4.57 Å². The number of carbonyl (C=O) groups excluding carboxylic acids is 1. The number of rotatable bonds is 8. The maximum atomic E-state index is 13.9. The third-order valence-electron chi connectivity index (χ3n) is 6.57. The van der Waals surface area contributed by atoms with Crippen LogP contribution in [0.1, 0.15) is 31.2 Å². The molecule has 0 fully saturated rings. The molecule has 0 saturated carbocycles. The number of benzene rings is 2. The lowest BCUT2D eigenvalue weighted by molar-refractivity contribution is -0.384. The van der Waals surface area contributed by atoms with E-state index >= 15 is 0 Å². The predicted octanol–water partition coefficient (Wildman–Crippen LogP) is 4.64. The molecule has 11 nitrogen and oxygen atoms in total. The second kappa shape index (κ2) is 11.7. The molecule has 0 bridgehead atoms. The van der Waals surface area contributed by atoms with Gasteiger partial charge in [0.2, 0.25) is 0 Å². The van der Waals surface area contributed by atoms with Crippen molar-refractivity contribution in [2.24, 2.45) is 4.99 Å². The van der Waals surface area contributed by atoms with Crippen LogP contribution in [-0.2, 0) is 9.53 Å². The van der Waals surface area contributed by atoms with Crippen molar-refractivity contribution in [3.8, 4) is 22.8 Å². The van der Waals surface area contributed by atoms with Gasteiger partial charge >= 0.3 is 5.97 Å². The van der Waals surface area contributed by atoms with Crippen molar-refractivity contribution in [3.05, 3.63) is 106 Å². The van der Waals surface area contributed by atoms with E-state index in [2.05, 4.69) is 4.99 Å². The molecule has 1 aliphatic rings. The van der Waals surface area contributed by atoms with Crippen molar-refractivity contribution >= 4 is 40.7 Å². The van der Waals surface area contributed by atoms with Gasteiger partial charge in [0.1, 0.15) is 29.1 Å². The Morgan fingerprint density at radius 1 is 1.19 bits per heavy atom. The van der Waals surface area contributed by atoms with Crippen LogP contribution in [0.5, 0.6) is 11.5 Å². The molecule has 0 unspecified atom stereocenters. The Kier molecular flexibility index (Phi) is 8.01. The fraction of sp³-hybridized carbons (Fsp3) is 0.207. The molecule has 13 heteroatoms. The SMILES string of the molecule is CCOC(=O)C1=C(C)N=c2s/c(=C\c3ccc(-c4ccc(Cl)cc4[N+](=O)[O-])o3)c(=O)n2[C@@H]1c1cc(OC)ccc1OC. The second-order valence-corrected chi connectivity index (χ2v) is 10.5. The molecule has 5 rings (SSSR count). The van der Waals surface area contributed by atoms with Crippen LogP contribution in [0, 0.1) is 10.1 Å². The number of halogens is 1. The van der Waals surface area contributed by atoms with Crippen LogP contribution in [0.15, 0.2) is 74.0 Å². The number of thiazole rings is 1. The van der Waals surface area contributed by atoms with Gasteiger partial charge in [-0.05, 0) is 56.3 Å². The predicted molar refractivity (Wildman–Crippen MR) is 156 cm³/mol. The van der Waals surface area contributed by atoms with Crippen LogP contribution in [0.3, 0.4) is 0 Å². The molecule has 1 aliphatic heterocycles. The number of fused-ring (bicyclic) bond motifs is 1. The van der Waals surface area contributed by atoms with Gasteiger partial charge in [-0.2, -0.15) is 0 Å². The summed E-state index contributed by atoms with van der Waals surface area (Å²) in [4.78, 5) is 43.1. The number of hydrogen-bond donors (Lipinski definition) is 0. The molecule has 0 aliphatic carbocycles. The Bertz CT molecular complexity index is 1940. The summed E-state index contributed by atoms with van der Waals surface area (Å²) >= 11 is 7.05. The van der Waals surface area contributed by atoms with E-state index in [4.69, 9.17) is 30.2 Å². The van der Waals surface area contributed by atoms with Crippen LogP contribution in [-0.4, -0.2) is 36.3 Å². The summed E-state index contributed by atoms with van der Waals surface area (Å²) in [5.41, 5.74) is 0.696. The number of methoxy groups -OCH3 is 2. The summed E-state index contributed by atoms with van der Waals surface area (Å²) in [5.74, 6) is 0.855. The summed E-state index contributed by atoms with van der Waals surface area (Å²) in [6, 6.07) is 11.6. The standard InChI is InChI=1S/C29H24ClN3O8S/c1-5-40-28(35)25-15(2)31-29-32(26(25)20-13-17(38-3)7-10-22(20)39-4)27(34)24(42-29)14-18-8-11-23(41-18)19-9-6-16(30)12-21(19)33(36)37/h6-14,26H,5H2,1-4H3/b24-14-/t26-/m1/s1. The van der Waals surface area contributed by atoms with E-state index in [0.717, 1.165) is 11.3 Å². The van der Waals surface area contributed by atoms with E-state index in [-0.39, 0.29) is 44.5 Å². The minimum atomic E-state index is -0.920. The van der Waals surface area contributed by atoms with Crippen molar-refractivity contribution < 1.29 is 28.3 Å². The monoisotopic (exact) mass is 609 g/mol. The Labute approximate surface area is 247 Å². The highest BCUT2D eigenvalue weighted by molar-refractivity contribution is 7.07. The van der Waals surface area contributed by atoms with Gasteiger partial charge < -0.3 is 18.6 Å². The average Bonchev–Trinajstić information content (AvgIpc) is 3.55. The van der Waals surface area contributed by atoms with Gasteiger partial charge in [0.15, 0.2) is 4.80 Å². The molecule has 0 spiro atoms. The third kappa shape index (κ3) is 5.21. The first kappa shape index (κ1) is 28.8. The lowest BCUT2D eigenvalue weighted by Gasteiger charge is -2.26. The number of nitro benzene ring substituents is 1. The highest BCUT2D eigenvalue weighted by atomic mass is 35.5. The fourth-order valence-corrected chi connectivity index (χ4v) is 5.90. The largest absolute Gasteiger partial charge is 0.497 e. The van der Waals surface area contributed by atoms with Crippen molar-refractivity contribution in [1.29, 1.82) is 0 Å². The molecule has 0 radical (unpaired) electrons. The summed E-state index contributed by atoms with van der Waals surface area (Å²) in [7, 11) is 3.01. The molecule has 0 N–H and O–H groups in total. The molecule has 4 aromatic rings. The molecule has 0 saturated heterocycles. The van der Waals surface area contributed by atoms with Crippen LogP contribution in [0.4, 0.5) is 5.69 Å². The number of ether oxygens (including phenoxy) is 3. The number of nitrogens with zero attached hydrogens (tertiary/aromatic N) is 3. The van der Waals surface area contributed by atoms with Gasteiger partial charge in [-0.15, -0.1) is 0 Å². The number of aromatic nitrogens is 1. The zero-order valence-corrected chi connectivity index (χ0v) is 24.4. The number of nitro groups is 1. The summed E-state index contributed by atoms with van der Waals surface area (Å²) in [6.07, 6.45) is 1.53. The first-order valence-electron chi connectivity index (χ1n) is 12.6. The Morgan fingerprint density at radius 2 is 1.98 bits per heavy atom. The minimum Gasteiger partial charge on any atom is -0.497 e. The topological polar surface area (TPSA) is 135 Å². The smallest absolute Gasteiger partial charge is 0.338 e. The molecule has 216 valence electrons. The zero-order chi connectivity index (χ0) is 30.1. The maximum absolute atomic E-state index is 13.9. The average molecular weight is 610 g/mol. The number of esters is 1. The molecule has 0 amide bonds. The first-order chi connectivity index (χ1) is 20.2. The minimum absolute atomic E-state index is 0.134. The fourth-order valence-electron chi connectivity index (χ4n) is 4.71. The van der Waals surface area contributed by atoms with E-state index in [0.29, 0.717) is 27.6 Å². The normalized spacial score (nSPS) is 14.8. The van der Waals surface area contributed by atoms with Gasteiger partial charge in [-0.25, -0.2) is 9.79 Å². The van der Waals surface area contributed by atoms with E-state index in [1.807, 2.05) is 0 Å². The Morgan fingerprint density at radius 3 is 2.67 bits per heavy atom. The van der Waals surface area contributed by atoms with E-state index in [1.165, 1.54) is 43.1 Å².